The van der Waals surface area contributed by atoms with Gasteiger partial charge in [0.15, 0.2) is 5.69 Å². The molecule has 0 saturated heterocycles. The van der Waals surface area contributed by atoms with Crippen LogP contribution in [0.2, 0.25) is 5.02 Å². The molecule has 1 aliphatic heterocycles. The highest BCUT2D eigenvalue weighted by atomic mass is 35.5. The van der Waals surface area contributed by atoms with Crippen molar-refractivity contribution < 1.29 is 9.05 Å². The molecule has 132 valence electrons. The molecule has 0 fully saturated rings. The van der Waals surface area contributed by atoms with E-state index in [1.807, 2.05) is 18.5 Å². The van der Waals surface area contributed by atoms with Gasteiger partial charge >= 0.3 is 0 Å². The van der Waals surface area contributed by atoms with E-state index < -0.39 is 0 Å². The number of aryl methyl sites for hydroxylation is 1. The second kappa shape index (κ2) is 7.36. The number of hydrogen-bond donors (Lipinski definition) is 0. The van der Waals surface area contributed by atoms with Crippen LogP contribution in [0.4, 0.5) is 5.69 Å². The van der Waals surface area contributed by atoms with Gasteiger partial charge in [0.1, 0.15) is 0 Å². The summed E-state index contributed by atoms with van der Waals surface area (Å²) in [6.07, 6.45) is 7.30. The third kappa shape index (κ3) is 4.75. The number of thioether (sulfide) groups is 1. The maximum absolute atomic E-state index is 6.11. The van der Waals surface area contributed by atoms with Gasteiger partial charge in [-0.3, -0.25) is 0 Å². The minimum absolute atomic E-state index is 0.764. The molecule has 25 heavy (non-hydrogen) atoms. The predicted octanol–water partition coefficient (Wildman–Crippen LogP) is 3.66. The Bertz CT molecular complexity index is 781. The van der Waals surface area contributed by atoms with E-state index in [0.717, 1.165) is 45.4 Å². The maximum Gasteiger partial charge on any atom is 0.286 e. The summed E-state index contributed by atoms with van der Waals surface area (Å²) in [7, 11) is 8.73. The zero-order valence-electron chi connectivity index (χ0n) is 15.2. The summed E-state index contributed by atoms with van der Waals surface area (Å²) in [4.78, 5) is 7.98. The van der Waals surface area contributed by atoms with Gasteiger partial charge in [-0.1, -0.05) is 23.4 Å². The normalized spacial score (nSPS) is 15.7. The number of benzene rings is 1. The Hall–Kier alpha value is -1.56. The summed E-state index contributed by atoms with van der Waals surface area (Å²) in [5.41, 5.74) is 2.12. The Morgan fingerprint density at radius 1 is 1.28 bits per heavy atom. The van der Waals surface area contributed by atoms with Crippen LogP contribution in [0.15, 0.2) is 46.7 Å². The second-order valence-corrected chi connectivity index (χ2v) is 8.84. The number of hydrogen-bond acceptors (Lipinski definition) is 3. The zero-order valence-corrected chi connectivity index (χ0v) is 16.8. The average Bonchev–Trinajstić information content (AvgIpc) is 2.84. The SMILES string of the molecule is CN1/C(=C/c2cc[n+](CCC[N+](C)(C)C)cn2)Sc2ccc(Cl)cc21. The maximum atomic E-state index is 6.11. The highest BCUT2D eigenvalue weighted by molar-refractivity contribution is 8.03. The Kier molecular flexibility index (Phi) is 5.37. The van der Waals surface area contributed by atoms with Gasteiger partial charge in [0.05, 0.1) is 51.1 Å². The van der Waals surface area contributed by atoms with E-state index in [1.54, 1.807) is 11.8 Å². The Labute approximate surface area is 159 Å². The largest absolute Gasteiger partial charge is 0.338 e. The topological polar surface area (TPSA) is 20.0 Å². The van der Waals surface area contributed by atoms with Crippen LogP contribution in [0.3, 0.4) is 0 Å². The van der Waals surface area contributed by atoms with Crippen molar-refractivity contribution in [3.05, 3.63) is 52.5 Å². The van der Waals surface area contributed by atoms with Crippen molar-refractivity contribution in [3.63, 3.8) is 0 Å². The summed E-state index contributed by atoms with van der Waals surface area (Å²) in [5, 5.41) is 1.92. The second-order valence-electron chi connectivity index (χ2n) is 7.35. The van der Waals surface area contributed by atoms with Crippen LogP contribution in [0.1, 0.15) is 12.1 Å². The molecule has 2 heterocycles. The van der Waals surface area contributed by atoms with Crippen molar-refractivity contribution in [2.24, 2.45) is 0 Å². The first-order valence-corrected chi connectivity index (χ1v) is 9.60. The first-order chi connectivity index (χ1) is 11.8. The van der Waals surface area contributed by atoms with Crippen LogP contribution in [0.5, 0.6) is 0 Å². The van der Waals surface area contributed by atoms with Crippen LogP contribution >= 0.6 is 23.4 Å². The minimum Gasteiger partial charge on any atom is -0.338 e. The zero-order chi connectivity index (χ0) is 18.0. The molecule has 0 bridgehead atoms. The number of anilines is 1. The molecule has 1 aromatic heterocycles. The summed E-state index contributed by atoms with van der Waals surface area (Å²) in [6.45, 7) is 2.15. The van der Waals surface area contributed by atoms with E-state index in [9.17, 15) is 0 Å². The number of halogens is 1. The van der Waals surface area contributed by atoms with E-state index in [-0.39, 0.29) is 0 Å². The molecule has 0 radical (unpaired) electrons. The number of fused-ring (bicyclic) bond motifs is 1. The van der Waals surface area contributed by atoms with Crippen molar-refractivity contribution in [2.75, 3.05) is 39.6 Å². The van der Waals surface area contributed by atoms with E-state index in [0.29, 0.717) is 0 Å². The van der Waals surface area contributed by atoms with Gasteiger partial charge in [-0.2, -0.15) is 0 Å². The smallest absolute Gasteiger partial charge is 0.286 e. The van der Waals surface area contributed by atoms with Crippen molar-refractivity contribution >= 4 is 35.1 Å². The molecule has 0 amide bonds. The standard InChI is InChI=1S/C19H25ClN4S/c1-22-17-12-15(20)6-7-18(17)25-19(22)13-16-8-10-23(14-21-16)9-5-11-24(2,3)4/h6-8,10,12-14H,5,9,11H2,1-4H3/q+2. The molecule has 0 aliphatic carbocycles. The van der Waals surface area contributed by atoms with E-state index in [4.69, 9.17) is 11.6 Å². The Morgan fingerprint density at radius 3 is 2.76 bits per heavy atom. The number of rotatable bonds is 5. The summed E-state index contributed by atoms with van der Waals surface area (Å²) < 4.78 is 3.14. The lowest BCUT2D eigenvalue weighted by atomic mass is 10.3. The molecule has 0 unspecified atom stereocenters. The highest BCUT2D eigenvalue weighted by Gasteiger charge is 2.22. The fourth-order valence-corrected chi connectivity index (χ4v) is 3.97. The molecule has 3 rings (SSSR count). The van der Waals surface area contributed by atoms with E-state index >= 15 is 0 Å². The van der Waals surface area contributed by atoms with Gasteiger partial charge in [-0.05, 0) is 23.2 Å². The molecule has 0 saturated carbocycles. The lowest BCUT2D eigenvalue weighted by Gasteiger charge is -2.23. The summed E-state index contributed by atoms with van der Waals surface area (Å²) >= 11 is 7.86. The molecule has 2 aromatic rings. The number of quaternary nitrogens is 1. The fourth-order valence-electron chi connectivity index (χ4n) is 2.73. The fraction of sp³-hybridized carbons (Fsp3) is 0.368. The Morgan fingerprint density at radius 2 is 2.08 bits per heavy atom. The van der Waals surface area contributed by atoms with Crippen molar-refractivity contribution in [1.82, 2.24) is 4.98 Å². The monoisotopic (exact) mass is 376 g/mol. The van der Waals surface area contributed by atoms with Crippen LogP contribution in [0, 0.1) is 0 Å². The van der Waals surface area contributed by atoms with Gasteiger partial charge in [-0.25, -0.2) is 4.57 Å². The van der Waals surface area contributed by atoms with Crippen LogP contribution in [-0.2, 0) is 6.54 Å². The summed E-state index contributed by atoms with van der Waals surface area (Å²) in [6, 6.07) is 8.08. The van der Waals surface area contributed by atoms with Crippen LogP contribution in [0.25, 0.3) is 6.08 Å². The first kappa shape index (κ1) is 18.2. The van der Waals surface area contributed by atoms with Crippen molar-refractivity contribution in [3.8, 4) is 0 Å². The van der Waals surface area contributed by atoms with Gasteiger partial charge in [0, 0.05) is 35.5 Å². The molecule has 0 N–H and O–H groups in total. The lowest BCUT2D eigenvalue weighted by molar-refractivity contribution is -0.873. The third-order valence-corrected chi connectivity index (χ3v) is 5.54. The molecule has 1 aliphatic rings. The van der Waals surface area contributed by atoms with Crippen LogP contribution in [-0.4, -0.2) is 44.2 Å². The quantitative estimate of drug-likeness (QED) is 0.586. The predicted molar refractivity (Wildman–Crippen MR) is 106 cm³/mol. The molecular weight excluding hydrogens is 352 g/mol. The first-order valence-electron chi connectivity index (χ1n) is 8.40. The molecule has 0 spiro atoms. The van der Waals surface area contributed by atoms with Gasteiger partial charge in [0.25, 0.3) is 6.33 Å². The lowest BCUT2D eigenvalue weighted by Crippen LogP contribution is -2.40. The molecule has 4 nitrogen and oxygen atoms in total. The third-order valence-electron chi connectivity index (χ3n) is 4.14. The summed E-state index contributed by atoms with van der Waals surface area (Å²) in [5.74, 6) is 0. The highest BCUT2D eigenvalue weighted by Crippen LogP contribution is 2.46. The van der Waals surface area contributed by atoms with Gasteiger partial charge in [-0.15, -0.1) is 0 Å². The van der Waals surface area contributed by atoms with Gasteiger partial charge < -0.3 is 9.38 Å². The number of aromatic nitrogens is 2. The van der Waals surface area contributed by atoms with Crippen LogP contribution < -0.4 is 9.47 Å². The average molecular weight is 377 g/mol. The van der Waals surface area contributed by atoms with E-state index in [2.05, 4.69) is 67.0 Å². The molecular formula is C19H25ClN4S+2. The minimum atomic E-state index is 0.764. The Balaban J connectivity index is 1.66. The van der Waals surface area contributed by atoms with Gasteiger partial charge in [0.2, 0.25) is 0 Å². The molecule has 6 heteroatoms. The van der Waals surface area contributed by atoms with E-state index in [1.165, 1.54) is 4.90 Å². The van der Waals surface area contributed by atoms with Crippen molar-refractivity contribution in [1.29, 1.82) is 0 Å². The van der Waals surface area contributed by atoms with Crippen molar-refractivity contribution in [2.45, 2.75) is 17.9 Å². The molecule has 1 aromatic carbocycles. The molecule has 0 atom stereocenters. The number of nitrogens with zero attached hydrogens (tertiary/aromatic N) is 4.